The van der Waals surface area contributed by atoms with Crippen molar-refractivity contribution in [2.45, 2.75) is 39.2 Å². The second-order valence-electron chi connectivity index (χ2n) is 6.37. The Morgan fingerprint density at radius 1 is 1.33 bits per heavy atom. The van der Waals surface area contributed by atoms with Crippen LogP contribution in [0.2, 0.25) is 5.02 Å². The molecule has 4 atom stereocenters. The number of fused-ring (bicyclic) bond motifs is 2. The van der Waals surface area contributed by atoms with Crippen LogP contribution in [0.5, 0.6) is 5.75 Å². The molecule has 0 heterocycles. The van der Waals surface area contributed by atoms with Crippen LogP contribution in [0, 0.1) is 17.8 Å². The van der Waals surface area contributed by atoms with E-state index >= 15 is 0 Å². The van der Waals surface area contributed by atoms with Crippen molar-refractivity contribution in [1.29, 1.82) is 0 Å². The van der Waals surface area contributed by atoms with E-state index in [9.17, 15) is 0 Å². The molecule has 0 aliphatic heterocycles. The summed E-state index contributed by atoms with van der Waals surface area (Å²) in [4.78, 5) is 0. The van der Waals surface area contributed by atoms with E-state index in [0.29, 0.717) is 6.04 Å². The summed E-state index contributed by atoms with van der Waals surface area (Å²) in [5.74, 6) is 3.18. The Bertz CT molecular complexity index is 528. The van der Waals surface area contributed by atoms with Gasteiger partial charge in [-0.3, -0.25) is 0 Å². The van der Waals surface area contributed by atoms with Crippen LogP contribution in [0.3, 0.4) is 0 Å². The fourth-order valence-electron chi connectivity index (χ4n) is 3.70. The number of anilines is 1. The largest absolute Gasteiger partial charge is 0.491 e. The highest BCUT2D eigenvalue weighted by Gasteiger charge is 2.38. The first-order valence-electron chi connectivity index (χ1n) is 8.04. The number of hydrogen-bond acceptors (Lipinski definition) is 2. The summed E-state index contributed by atoms with van der Waals surface area (Å²) in [5.41, 5.74) is 1.02. The van der Waals surface area contributed by atoms with Gasteiger partial charge in [0.25, 0.3) is 0 Å². The van der Waals surface area contributed by atoms with Gasteiger partial charge in [0.15, 0.2) is 0 Å². The maximum absolute atomic E-state index is 6.15. The van der Waals surface area contributed by atoms with Gasteiger partial charge in [0.2, 0.25) is 0 Å². The van der Waals surface area contributed by atoms with Crippen molar-refractivity contribution in [1.82, 2.24) is 0 Å². The molecule has 1 saturated carbocycles. The van der Waals surface area contributed by atoms with E-state index in [4.69, 9.17) is 16.3 Å². The third-order valence-corrected chi connectivity index (χ3v) is 4.99. The molecule has 1 aromatic carbocycles. The average molecular weight is 306 g/mol. The lowest BCUT2D eigenvalue weighted by molar-refractivity contribution is 0.317. The second kappa shape index (κ2) is 6.31. The monoisotopic (exact) mass is 305 g/mol. The Kier molecular flexibility index (Phi) is 4.44. The highest BCUT2D eigenvalue weighted by molar-refractivity contribution is 6.30. The number of rotatable bonds is 6. The van der Waals surface area contributed by atoms with Crippen LogP contribution in [-0.2, 0) is 0 Å². The van der Waals surface area contributed by atoms with Gasteiger partial charge in [0, 0.05) is 11.1 Å². The molecule has 0 spiro atoms. The van der Waals surface area contributed by atoms with Gasteiger partial charge >= 0.3 is 0 Å². The van der Waals surface area contributed by atoms with Crippen LogP contribution in [0.25, 0.3) is 0 Å². The number of halogens is 1. The number of allylic oxidation sites excluding steroid dienone is 2. The van der Waals surface area contributed by atoms with Crippen LogP contribution in [-0.4, -0.2) is 12.6 Å². The van der Waals surface area contributed by atoms with Crippen LogP contribution in [0.1, 0.15) is 33.1 Å². The van der Waals surface area contributed by atoms with Gasteiger partial charge in [-0.1, -0.05) is 30.7 Å². The molecule has 4 unspecified atom stereocenters. The maximum Gasteiger partial charge on any atom is 0.142 e. The summed E-state index contributed by atoms with van der Waals surface area (Å²) in [6, 6.07) is 6.27. The van der Waals surface area contributed by atoms with Crippen molar-refractivity contribution in [2.75, 3.05) is 11.9 Å². The standard InChI is InChI=1S/C18H24ClNO/c1-3-8-21-18-7-6-15(19)11-17(18)20-12(2)16-10-13-4-5-14(16)9-13/h4-7,11-14,16,20H,3,8-10H2,1-2H3. The zero-order valence-electron chi connectivity index (χ0n) is 12.8. The number of hydrogen-bond donors (Lipinski definition) is 1. The summed E-state index contributed by atoms with van der Waals surface area (Å²) in [6.07, 6.45) is 8.45. The number of ether oxygens (including phenoxy) is 1. The Labute approximate surface area is 132 Å². The molecule has 2 nitrogen and oxygen atoms in total. The van der Waals surface area contributed by atoms with Crippen LogP contribution in [0.4, 0.5) is 5.69 Å². The summed E-state index contributed by atoms with van der Waals surface area (Å²) < 4.78 is 5.83. The fraction of sp³-hybridized carbons (Fsp3) is 0.556. The molecule has 0 radical (unpaired) electrons. The Hall–Kier alpha value is -1.15. The molecule has 2 bridgehead atoms. The van der Waals surface area contributed by atoms with Crippen molar-refractivity contribution in [3.63, 3.8) is 0 Å². The summed E-state index contributed by atoms with van der Waals surface area (Å²) in [6.45, 7) is 5.14. The van der Waals surface area contributed by atoms with E-state index in [2.05, 4.69) is 31.3 Å². The van der Waals surface area contributed by atoms with E-state index in [1.807, 2.05) is 18.2 Å². The second-order valence-corrected chi connectivity index (χ2v) is 6.80. The fourth-order valence-corrected chi connectivity index (χ4v) is 3.88. The predicted octanol–water partition coefficient (Wildman–Crippen LogP) is 5.14. The molecule has 0 aromatic heterocycles. The van der Waals surface area contributed by atoms with Gasteiger partial charge in [0.1, 0.15) is 5.75 Å². The third kappa shape index (κ3) is 3.21. The number of nitrogens with one attached hydrogen (secondary N) is 1. The van der Waals surface area contributed by atoms with Gasteiger partial charge < -0.3 is 10.1 Å². The molecule has 21 heavy (non-hydrogen) atoms. The Balaban J connectivity index is 1.71. The van der Waals surface area contributed by atoms with Gasteiger partial charge in [0.05, 0.1) is 12.3 Å². The average Bonchev–Trinajstić information content (AvgIpc) is 3.09. The van der Waals surface area contributed by atoms with Crippen LogP contribution in [0.15, 0.2) is 30.4 Å². The van der Waals surface area contributed by atoms with Crippen molar-refractivity contribution in [3.8, 4) is 5.75 Å². The van der Waals surface area contributed by atoms with Crippen LogP contribution < -0.4 is 10.1 Å². The van der Waals surface area contributed by atoms with E-state index in [0.717, 1.165) is 47.2 Å². The SMILES string of the molecule is CCCOc1ccc(Cl)cc1NC(C)C1CC2C=CC1C2. The molecule has 1 N–H and O–H groups in total. The number of benzene rings is 1. The first-order chi connectivity index (χ1) is 10.2. The zero-order valence-corrected chi connectivity index (χ0v) is 13.6. The van der Waals surface area contributed by atoms with E-state index < -0.39 is 0 Å². The molecule has 1 aromatic rings. The summed E-state index contributed by atoms with van der Waals surface area (Å²) >= 11 is 6.15. The lowest BCUT2D eigenvalue weighted by Gasteiger charge is -2.28. The smallest absolute Gasteiger partial charge is 0.142 e. The molecular formula is C18H24ClNO. The minimum Gasteiger partial charge on any atom is -0.491 e. The summed E-state index contributed by atoms with van der Waals surface area (Å²) in [7, 11) is 0. The normalized spacial score (nSPS) is 27.9. The van der Waals surface area contributed by atoms with Gasteiger partial charge in [-0.05, 0) is 62.1 Å². The van der Waals surface area contributed by atoms with Gasteiger partial charge in [-0.25, -0.2) is 0 Å². The minimum absolute atomic E-state index is 0.437. The molecule has 0 amide bonds. The van der Waals surface area contributed by atoms with E-state index in [1.165, 1.54) is 12.8 Å². The molecule has 3 rings (SSSR count). The van der Waals surface area contributed by atoms with Crippen LogP contribution >= 0.6 is 11.6 Å². The quantitative estimate of drug-likeness (QED) is 0.735. The highest BCUT2D eigenvalue weighted by atomic mass is 35.5. The first-order valence-corrected chi connectivity index (χ1v) is 8.42. The first kappa shape index (κ1) is 14.8. The van der Waals surface area contributed by atoms with E-state index in [1.54, 1.807) is 0 Å². The van der Waals surface area contributed by atoms with Crippen molar-refractivity contribution in [2.24, 2.45) is 17.8 Å². The van der Waals surface area contributed by atoms with E-state index in [-0.39, 0.29) is 0 Å². The lowest BCUT2D eigenvalue weighted by Crippen LogP contribution is -2.29. The Morgan fingerprint density at radius 2 is 2.19 bits per heavy atom. The summed E-state index contributed by atoms with van der Waals surface area (Å²) in [5, 5.41) is 4.39. The zero-order chi connectivity index (χ0) is 14.8. The maximum atomic E-state index is 6.15. The molecule has 114 valence electrons. The van der Waals surface area contributed by atoms with Gasteiger partial charge in [-0.15, -0.1) is 0 Å². The van der Waals surface area contributed by atoms with Crippen molar-refractivity contribution >= 4 is 17.3 Å². The van der Waals surface area contributed by atoms with Crippen molar-refractivity contribution in [3.05, 3.63) is 35.4 Å². The highest BCUT2D eigenvalue weighted by Crippen LogP contribution is 2.45. The molecule has 1 fully saturated rings. The topological polar surface area (TPSA) is 21.3 Å². The molecular weight excluding hydrogens is 282 g/mol. The molecule has 0 saturated heterocycles. The minimum atomic E-state index is 0.437. The van der Waals surface area contributed by atoms with Gasteiger partial charge in [-0.2, -0.15) is 0 Å². The molecule has 2 aliphatic rings. The Morgan fingerprint density at radius 3 is 2.86 bits per heavy atom. The molecule has 2 aliphatic carbocycles. The third-order valence-electron chi connectivity index (χ3n) is 4.76. The van der Waals surface area contributed by atoms with Crippen molar-refractivity contribution < 1.29 is 4.74 Å². The predicted molar refractivity (Wildman–Crippen MR) is 89.2 cm³/mol. The molecule has 3 heteroatoms. The lowest BCUT2D eigenvalue weighted by atomic mass is 9.87.